The van der Waals surface area contributed by atoms with Crippen molar-refractivity contribution in [2.75, 3.05) is 13.6 Å². The third-order valence-electron chi connectivity index (χ3n) is 4.01. The summed E-state index contributed by atoms with van der Waals surface area (Å²) in [7, 11) is 2.26. The lowest BCUT2D eigenvalue weighted by Gasteiger charge is -2.36. The first kappa shape index (κ1) is 14.6. The summed E-state index contributed by atoms with van der Waals surface area (Å²) < 4.78 is 0. The van der Waals surface area contributed by atoms with Gasteiger partial charge in [-0.05, 0) is 37.9 Å². The molecule has 1 aliphatic carbocycles. The molecule has 0 aromatic carbocycles. The summed E-state index contributed by atoms with van der Waals surface area (Å²) in [6.45, 7) is 3.88. The molecular weight excluding hydrogens is 252 g/mol. The highest BCUT2D eigenvalue weighted by Crippen LogP contribution is 2.29. The Morgan fingerprint density at radius 3 is 2.89 bits per heavy atom. The van der Waals surface area contributed by atoms with Crippen LogP contribution in [-0.4, -0.2) is 24.5 Å². The van der Waals surface area contributed by atoms with Crippen LogP contribution in [-0.2, 0) is 6.54 Å². The lowest BCUT2D eigenvalue weighted by Crippen LogP contribution is -2.38. The van der Waals surface area contributed by atoms with Gasteiger partial charge >= 0.3 is 0 Å². The van der Waals surface area contributed by atoms with Gasteiger partial charge in [0.15, 0.2) is 0 Å². The van der Waals surface area contributed by atoms with Crippen LogP contribution in [0.2, 0.25) is 0 Å². The van der Waals surface area contributed by atoms with Gasteiger partial charge in [0.25, 0.3) is 0 Å². The fourth-order valence-electron chi connectivity index (χ4n) is 2.98. The highest BCUT2D eigenvalue weighted by molar-refractivity contribution is 7.12. The molecule has 2 nitrogen and oxygen atoms in total. The SMILES string of the molecule is CC1CCCCC1N(C)Cc1ccc(C#CCN)s1. The second kappa shape index (κ2) is 7.09. The van der Waals surface area contributed by atoms with Crippen molar-refractivity contribution >= 4 is 11.3 Å². The zero-order valence-corrected chi connectivity index (χ0v) is 12.8. The minimum absolute atomic E-state index is 0.437. The fourth-order valence-corrected chi connectivity index (χ4v) is 3.93. The summed E-state index contributed by atoms with van der Waals surface area (Å²) in [6.07, 6.45) is 5.52. The average Bonchev–Trinajstić information content (AvgIpc) is 2.84. The molecule has 104 valence electrons. The molecule has 3 heteroatoms. The van der Waals surface area contributed by atoms with Gasteiger partial charge in [0.2, 0.25) is 0 Å². The summed E-state index contributed by atoms with van der Waals surface area (Å²) in [5.41, 5.74) is 5.40. The Kier molecular flexibility index (Phi) is 5.45. The molecule has 2 rings (SSSR count). The summed E-state index contributed by atoms with van der Waals surface area (Å²) in [5.74, 6) is 6.86. The molecule has 2 atom stereocenters. The average molecular weight is 276 g/mol. The molecule has 0 saturated heterocycles. The van der Waals surface area contributed by atoms with E-state index in [9.17, 15) is 0 Å². The number of rotatable bonds is 3. The molecule has 0 spiro atoms. The Balaban J connectivity index is 1.94. The quantitative estimate of drug-likeness (QED) is 0.860. The lowest BCUT2D eigenvalue weighted by atomic mass is 9.85. The maximum Gasteiger partial charge on any atom is 0.0772 e. The van der Waals surface area contributed by atoms with Gasteiger partial charge in [0, 0.05) is 17.5 Å². The van der Waals surface area contributed by atoms with Gasteiger partial charge in [0.1, 0.15) is 0 Å². The highest BCUT2D eigenvalue weighted by Gasteiger charge is 2.24. The van der Waals surface area contributed by atoms with Crippen LogP contribution in [0.1, 0.15) is 42.4 Å². The fraction of sp³-hybridized carbons (Fsp3) is 0.625. The molecule has 1 fully saturated rings. The largest absolute Gasteiger partial charge is 0.320 e. The summed E-state index contributed by atoms with van der Waals surface area (Å²) in [4.78, 5) is 5.06. The summed E-state index contributed by atoms with van der Waals surface area (Å²) >= 11 is 1.80. The smallest absolute Gasteiger partial charge is 0.0772 e. The van der Waals surface area contributed by atoms with E-state index >= 15 is 0 Å². The first-order chi connectivity index (χ1) is 9.20. The predicted octanol–water partition coefficient (Wildman–Crippen LogP) is 3.07. The Morgan fingerprint density at radius 1 is 1.37 bits per heavy atom. The van der Waals surface area contributed by atoms with Gasteiger partial charge in [-0.2, -0.15) is 0 Å². The predicted molar refractivity (Wildman–Crippen MR) is 83.1 cm³/mol. The molecule has 1 saturated carbocycles. The van der Waals surface area contributed by atoms with E-state index in [1.165, 1.54) is 30.6 Å². The first-order valence-electron chi connectivity index (χ1n) is 7.18. The molecule has 19 heavy (non-hydrogen) atoms. The molecule has 1 aromatic rings. The van der Waals surface area contributed by atoms with E-state index in [0.29, 0.717) is 6.54 Å². The maximum atomic E-state index is 5.40. The lowest BCUT2D eigenvalue weighted by molar-refractivity contribution is 0.134. The normalized spacial score (nSPS) is 23.2. The molecular formula is C16H24N2S. The van der Waals surface area contributed by atoms with Crippen molar-refractivity contribution in [1.82, 2.24) is 4.90 Å². The number of nitrogens with two attached hydrogens (primary N) is 1. The molecule has 1 aromatic heterocycles. The van der Waals surface area contributed by atoms with Crippen LogP contribution in [0.3, 0.4) is 0 Å². The number of hydrogen-bond donors (Lipinski definition) is 1. The van der Waals surface area contributed by atoms with Crippen molar-refractivity contribution in [2.24, 2.45) is 11.7 Å². The Labute approximate surface area is 121 Å². The van der Waals surface area contributed by atoms with E-state index in [1.54, 1.807) is 11.3 Å². The van der Waals surface area contributed by atoms with Crippen LogP contribution in [0.15, 0.2) is 12.1 Å². The van der Waals surface area contributed by atoms with Crippen LogP contribution in [0, 0.1) is 17.8 Å². The molecule has 1 heterocycles. The molecule has 2 N–H and O–H groups in total. The van der Waals surface area contributed by atoms with Crippen LogP contribution in [0.5, 0.6) is 0 Å². The van der Waals surface area contributed by atoms with E-state index in [2.05, 4.69) is 42.8 Å². The van der Waals surface area contributed by atoms with Crippen LogP contribution < -0.4 is 5.73 Å². The van der Waals surface area contributed by atoms with Crippen molar-refractivity contribution in [2.45, 2.75) is 45.2 Å². The Morgan fingerprint density at radius 2 is 2.16 bits per heavy atom. The van der Waals surface area contributed by atoms with E-state index in [4.69, 9.17) is 5.73 Å². The van der Waals surface area contributed by atoms with Crippen LogP contribution in [0.4, 0.5) is 0 Å². The second-order valence-electron chi connectivity index (χ2n) is 5.52. The van der Waals surface area contributed by atoms with E-state index in [0.717, 1.165) is 23.4 Å². The van der Waals surface area contributed by atoms with Crippen molar-refractivity contribution in [3.05, 3.63) is 21.9 Å². The van der Waals surface area contributed by atoms with Gasteiger partial charge in [0.05, 0.1) is 11.4 Å². The summed E-state index contributed by atoms with van der Waals surface area (Å²) in [5, 5.41) is 0. The monoisotopic (exact) mass is 276 g/mol. The zero-order valence-electron chi connectivity index (χ0n) is 12.0. The maximum absolute atomic E-state index is 5.40. The summed E-state index contributed by atoms with van der Waals surface area (Å²) in [6, 6.07) is 5.06. The van der Waals surface area contributed by atoms with Crippen molar-refractivity contribution in [3.8, 4) is 11.8 Å². The number of hydrogen-bond acceptors (Lipinski definition) is 3. The second-order valence-corrected chi connectivity index (χ2v) is 6.68. The van der Waals surface area contributed by atoms with Gasteiger partial charge < -0.3 is 5.73 Å². The molecule has 0 bridgehead atoms. The van der Waals surface area contributed by atoms with Crippen molar-refractivity contribution in [1.29, 1.82) is 0 Å². The van der Waals surface area contributed by atoms with Gasteiger partial charge in [-0.25, -0.2) is 0 Å². The third-order valence-corrected chi connectivity index (χ3v) is 5.00. The van der Waals surface area contributed by atoms with Gasteiger partial charge in [-0.1, -0.05) is 31.6 Å². The van der Waals surface area contributed by atoms with Crippen molar-refractivity contribution in [3.63, 3.8) is 0 Å². The molecule has 0 radical (unpaired) electrons. The Hall–Kier alpha value is -0.820. The number of thiophene rings is 1. The van der Waals surface area contributed by atoms with E-state index < -0.39 is 0 Å². The standard InChI is InChI=1S/C16H24N2S/c1-13-6-3-4-8-16(13)18(2)12-15-10-9-14(19-15)7-5-11-17/h9-10,13,16H,3-4,6,8,11-12,17H2,1-2H3. The van der Waals surface area contributed by atoms with Gasteiger partial charge in [-0.3, -0.25) is 4.90 Å². The third kappa shape index (κ3) is 4.07. The van der Waals surface area contributed by atoms with Crippen LogP contribution >= 0.6 is 11.3 Å². The molecule has 0 amide bonds. The van der Waals surface area contributed by atoms with Crippen molar-refractivity contribution < 1.29 is 0 Å². The van der Waals surface area contributed by atoms with E-state index in [-0.39, 0.29) is 0 Å². The molecule has 2 unspecified atom stereocenters. The van der Waals surface area contributed by atoms with Gasteiger partial charge in [-0.15, -0.1) is 11.3 Å². The minimum atomic E-state index is 0.437. The molecule has 1 aliphatic rings. The Bertz CT molecular complexity index is 455. The minimum Gasteiger partial charge on any atom is -0.320 e. The molecule has 0 aliphatic heterocycles. The first-order valence-corrected chi connectivity index (χ1v) is 8.00. The zero-order chi connectivity index (χ0) is 13.7. The highest BCUT2D eigenvalue weighted by atomic mass is 32.1. The number of nitrogens with zero attached hydrogens (tertiary/aromatic N) is 1. The topological polar surface area (TPSA) is 29.3 Å². The van der Waals surface area contributed by atoms with Crippen LogP contribution in [0.25, 0.3) is 0 Å². The van der Waals surface area contributed by atoms with E-state index in [1.807, 2.05) is 0 Å².